The number of hydrogen-bond acceptors (Lipinski definition) is 3. The van der Waals surface area contributed by atoms with E-state index >= 15 is 0 Å². The molecule has 0 spiro atoms. The van der Waals surface area contributed by atoms with Gasteiger partial charge in [-0.05, 0) is 48.2 Å². The number of amides is 1. The number of nitrogens with one attached hydrogen (secondary N) is 2. The monoisotopic (exact) mass is 422 g/mol. The maximum absolute atomic E-state index is 13.7. The minimum absolute atomic E-state index is 0. The lowest BCUT2D eigenvalue weighted by Crippen LogP contribution is -2.50. The lowest BCUT2D eigenvalue weighted by Gasteiger charge is -2.34. The van der Waals surface area contributed by atoms with Gasteiger partial charge < -0.3 is 15.4 Å². The smallest absolute Gasteiger partial charge is 0.223 e. The third-order valence-corrected chi connectivity index (χ3v) is 5.66. The summed E-state index contributed by atoms with van der Waals surface area (Å²) in [5, 5.41) is 6.35. The first-order valence-electron chi connectivity index (χ1n) is 9.76. The second-order valence-corrected chi connectivity index (χ2v) is 7.46. The molecule has 3 unspecified atom stereocenters. The highest BCUT2D eigenvalue weighted by Crippen LogP contribution is 2.30. The van der Waals surface area contributed by atoms with Crippen molar-refractivity contribution in [1.82, 2.24) is 10.6 Å². The molecule has 29 heavy (non-hydrogen) atoms. The van der Waals surface area contributed by atoms with Crippen molar-refractivity contribution in [3.8, 4) is 0 Å². The van der Waals surface area contributed by atoms with Gasteiger partial charge >= 0.3 is 0 Å². The van der Waals surface area contributed by atoms with Crippen LogP contribution in [-0.4, -0.2) is 31.6 Å². The molecule has 0 bridgehead atoms. The van der Waals surface area contributed by atoms with Crippen molar-refractivity contribution in [3.05, 3.63) is 70.8 Å². The van der Waals surface area contributed by atoms with E-state index in [1.165, 1.54) is 11.6 Å². The van der Waals surface area contributed by atoms with Crippen LogP contribution in [-0.2, 0) is 16.0 Å². The van der Waals surface area contributed by atoms with Gasteiger partial charge in [-0.1, -0.05) is 30.3 Å². The molecule has 156 valence electrons. The maximum atomic E-state index is 13.7. The van der Waals surface area contributed by atoms with Gasteiger partial charge in [-0.2, -0.15) is 0 Å². The zero-order chi connectivity index (χ0) is 19.5. The second kappa shape index (κ2) is 9.65. The third kappa shape index (κ3) is 4.94. The second-order valence-electron chi connectivity index (χ2n) is 7.46. The van der Waals surface area contributed by atoms with Crippen molar-refractivity contribution in [3.63, 3.8) is 0 Å². The van der Waals surface area contributed by atoms with Crippen molar-refractivity contribution in [2.45, 2.75) is 37.3 Å². The van der Waals surface area contributed by atoms with Crippen LogP contribution < -0.4 is 10.6 Å². The number of hydrogen-bond donors (Lipinski definition) is 2. The maximum Gasteiger partial charge on any atom is 0.223 e. The van der Waals surface area contributed by atoms with Gasteiger partial charge in [0.15, 0.2) is 11.6 Å². The van der Waals surface area contributed by atoms with Gasteiger partial charge in [0.2, 0.25) is 5.91 Å². The normalized spacial score (nSPS) is 23.6. The van der Waals surface area contributed by atoms with E-state index in [-0.39, 0.29) is 42.8 Å². The van der Waals surface area contributed by atoms with Crippen LogP contribution >= 0.6 is 12.4 Å². The fourth-order valence-corrected chi connectivity index (χ4v) is 4.23. The summed E-state index contributed by atoms with van der Waals surface area (Å²) in [6.45, 7) is 1.98. The quantitative estimate of drug-likeness (QED) is 0.790. The summed E-state index contributed by atoms with van der Waals surface area (Å²) in [7, 11) is 0. The van der Waals surface area contributed by atoms with Gasteiger partial charge in [-0.25, -0.2) is 8.78 Å². The summed E-state index contributed by atoms with van der Waals surface area (Å²) >= 11 is 0. The molecule has 0 saturated carbocycles. The van der Waals surface area contributed by atoms with Gasteiger partial charge in [0.25, 0.3) is 0 Å². The van der Waals surface area contributed by atoms with Crippen LogP contribution in [0.1, 0.15) is 41.6 Å². The van der Waals surface area contributed by atoms with Gasteiger partial charge in [0.05, 0.1) is 19.1 Å². The largest absolute Gasteiger partial charge is 0.373 e. The third-order valence-electron chi connectivity index (χ3n) is 5.66. The minimum Gasteiger partial charge on any atom is -0.373 e. The summed E-state index contributed by atoms with van der Waals surface area (Å²) in [4.78, 5) is 12.7. The van der Waals surface area contributed by atoms with Gasteiger partial charge in [-0.15, -0.1) is 12.4 Å². The molecule has 1 saturated heterocycles. The Morgan fingerprint density at radius 2 is 2.00 bits per heavy atom. The lowest BCUT2D eigenvalue weighted by atomic mass is 9.85. The number of fused-ring (bicyclic) bond motifs is 1. The molecular weight excluding hydrogens is 398 g/mol. The molecule has 2 aromatic rings. The molecule has 1 amide bonds. The van der Waals surface area contributed by atoms with Crippen LogP contribution in [0.2, 0.25) is 0 Å². The molecule has 4 nitrogen and oxygen atoms in total. The van der Waals surface area contributed by atoms with E-state index in [1.807, 2.05) is 18.2 Å². The SMILES string of the molecule is Cl.O=C(CC1OCCc2ccccc21)NC1CNCCC1c1ccc(F)c(F)c1. The number of rotatable bonds is 4. The summed E-state index contributed by atoms with van der Waals surface area (Å²) in [5.41, 5.74) is 3.01. The minimum atomic E-state index is -0.855. The molecule has 0 aromatic heterocycles. The van der Waals surface area contributed by atoms with Gasteiger partial charge in [-0.3, -0.25) is 4.79 Å². The molecule has 0 radical (unpaired) electrons. The molecule has 0 aliphatic carbocycles. The van der Waals surface area contributed by atoms with Crippen LogP contribution in [0, 0.1) is 11.6 Å². The average Bonchev–Trinajstić information content (AvgIpc) is 2.71. The Bertz CT molecular complexity index is 864. The van der Waals surface area contributed by atoms with Crippen molar-refractivity contribution in [2.75, 3.05) is 19.7 Å². The van der Waals surface area contributed by atoms with E-state index in [2.05, 4.69) is 16.7 Å². The molecule has 2 aliphatic rings. The van der Waals surface area contributed by atoms with Crippen molar-refractivity contribution in [1.29, 1.82) is 0 Å². The first kappa shape index (κ1) is 21.7. The molecular formula is C22H25ClF2N2O2. The zero-order valence-corrected chi connectivity index (χ0v) is 16.8. The van der Waals surface area contributed by atoms with E-state index < -0.39 is 11.6 Å². The molecule has 2 heterocycles. The highest BCUT2D eigenvalue weighted by atomic mass is 35.5. The van der Waals surface area contributed by atoms with E-state index in [0.717, 1.165) is 31.0 Å². The fourth-order valence-electron chi connectivity index (χ4n) is 4.23. The predicted octanol–water partition coefficient (Wildman–Crippen LogP) is 3.65. The van der Waals surface area contributed by atoms with Crippen LogP contribution in [0.25, 0.3) is 0 Å². The van der Waals surface area contributed by atoms with Crippen LogP contribution in [0.3, 0.4) is 0 Å². The van der Waals surface area contributed by atoms with Gasteiger partial charge in [0, 0.05) is 18.5 Å². The summed E-state index contributed by atoms with van der Waals surface area (Å²) in [6, 6.07) is 11.9. The summed E-state index contributed by atoms with van der Waals surface area (Å²) in [5.74, 6) is -1.86. The van der Waals surface area contributed by atoms with Crippen molar-refractivity contribution >= 4 is 18.3 Å². The lowest BCUT2D eigenvalue weighted by molar-refractivity contribution is -0.125. The number of halogens is 3. The Labute approximate surface area is 175 Å². The van der Waals surface area contributed by atoms with Crippen LogP contribution in [0.4, 0.5) is 8.78 Å². The Morgan fingerprint density at radius 1 is 1.17 bits per heavy atom. The standard InChI is InChI=1S/C22H24F2N2O2.ClH/c23-18-6-5-15(11-19(18)24)16-7-9-25-13-20(16)26-22(27)12-21-17-4-2-1-3-14(17)8-10-28-21;/h1-6,11,16,20-21,25H,7-10,12-13H2,(H,26,27);1H. The molecule has 7 heteroatoms. The Hall–Kier alpha value is -2.02. The highest BCUT2D eigenvalue weighted by Gasteiger charge is 2.30. The fraction of sp³-hybridized carbons (Fsp3) is 0.409. The van der Waals surface area contributed by atoms with Crippen LogP contribution in [0.5, 0.6) is 0 Å². The number of benzene rings is 2. The first-order valence-corrected chi connectivity index (χ1v) is 9.76. The van der Waals surface area contributed by atoms with E-state index in [1.54, 1.807) is 6.07 Å². The molecule has 1 fully saturated rings. The van der Waals surface area contributed by atoms with Crippen LogP contribution in [0.15, 0.2) is 42.5 Å². The predicted molar refractivity (Wildman–Crippen MR) is 109 cm³/mol. The first-order chi connectivity index (χ1) is 13.6. The number of piperidine rings is 1. The Morgan fingerprint density at radius 3 is 2.83 bits per heavy atom. The molecule has 2 N–H and O–H groups in total. The molecule has 2 aromatic carbocycles. The van der Waals surface area contributed by atoms with E-state index in [4.69, 9.17) is 4.74 Å². The summed E-state index contributed by atoms with van der Waals surface area (Å²) < 4.78 is 32.8. The number of carbonyl (C=O) groups excluding carboxylic acids is 1. The Balaban J connectivity index is 0.00000240. The number of ether oxygens (including phenoxy) is 1. The van der Waals surface area contributed by atoms with Crippen molar-refractivity contribution in [2.24, 2.45) is 0 Å². The van der Waals surface area contributed by atoms with Gasteiger partial charge in [0.1, 0.15) is 0 Å². The molecule has 2 aliphatic heterocycles. The molecule has 4 rings (SSSR count). The highest BCUT2D eigenvalue weighted by molar-refractivity contribution is 5.85. The topological polar surface area (TPSA) is 50.4 Å². The van der Waals surface area contributed by atoms with Crippen molar-refractivity contribution < 1.29 is 18.3 Å². The number of carbonyl (C=O) groups is 1. The Kier molecular flexibility index (Phi) is 7.22. The molecule has 3 atom stereocenters. The zero-order valence-electron chi connectivity index (χ0n) is 16.0. The summed E-state index contributed by atoms with van der Waals surface area (Å²) in [6.07, 6.45) is 1.61. The van der Waals surface area contributed by atoms with E-state index in [0.29, 0.717) is 18.7 Å². The van der Waals surface area contributed by atoms with E-state index in [9.17, 15) is 13.6 Å². The average molecular weight is 423 g/mol.